The normalized spacial score (nSPS) is 16.8. The van der Waals surface area contributed by atoms with Gasteiger partial charge in [-0.1, -0.05) is 6.58 Å². The number of primary amides is 1. The first-order valence-corrected chi connectivity index (χ1v) is 5.08. The van der Waals surface area contributed by atoms with E-state index in [1.807, 2.05) is 0 Å². The van der Waals surface area contributed by atoms with Gasteiger partial charge in [-0.05, 0) is 6.92 Å². The molecule has 0 aliphatic heterocycles. The molecule has 0 saturated carbocycles. The Morgan fingerprint density at radius 1 is 1.06 bits per heavy atom. The third kappa shape index (κ3) is 8.12. The van der Waals surface area contributed by atoms with Crippen molar-refractivity contribution < 1.29 is 35.4 Å². The molecule has 0 unspecified atom stereocenters. The molecule has 0 aliphatic carbocycles. The van der Waals surface area contributed by atoms with E-state index >= 15 is 0 Å². The molecule has 0 rings (SSSR count). The molecule has 8 nitrogen and oxygen atoms in total. The van der Waals surface area contributed by atoms with E-state index in [2.05, 4.69) is 6.58 Å². The minimum Gasteiger partial charge on any atom is -0.394 e. The number of amides is 1. The van der Waals surface area contributed by atoms with Crippen molar-refractivity contribution >= 4 is 5.91 Å². The first kappa shape index (κ1) is 19.3. The molecule has 0 aliphatic rings. The summed E-state index contributed by atoms with van der Waals surface area (Å²) in [4.78, 5) is 9.82. The minimum atomic E-state index is -1.67. The second-order valence-electron chi connectivity index (χ2n) is 3.63. The molecule has 0 heterocycles. The van der Waals surface area contributed by atoms with E-state index in [9.17, 15) is 4.79 Å². The second kappa shape index (κ2) is 9.95. The molecule has 0 spiro atoms. The molecular formula is C10H21NO7. The summed E-state index contributed by atoms with van der Waals surface area (Å²) in [7, 11) is 0. The summed E-state index contributed by atoms with van der Waals surface area (Å²) >= 11 is 0. The predicted octanol–water partition coefficient (Wildman–Crippen LogP) is -3.54. The van der Waals surface area contributed by atoms with Gasteiger partial charge in [0.1, 0.15) is 24.4 Å². The van der Waals surface area contributed by atoms with E-state index in [-0.39, 0.29) is 0 Å². The van der Waals surface area contributed by atoms with Gasteiger partial charge < -0.3 is 36.4 Å². The van der Waals surface area contributed by atoms with Crippen LogP contribution in [0.4, 0.5) is 0 Å². The van der Waals surface area contributed by atoms with E-state index in [0.29, 0.717) is 5.57 Å². The van der Waals surface area contributed by atoms with Gasteiger partial charge >= 0.3 is 0 Å². The summed E-state index contributed by atoms with van der Waals surface area (Å²) in [5, 5.41) is 52.2. The molecule has 18 heavy (non-hydrogen) atoms. The molecule has 8 heteroatoms. The average Bonchev–Trinajstić information content (AvgIpc) is 2.35. The molecule has 0 saturated heterocycles. The number of aliphatic hydroxyl groups is 6. The van der Waals surface area contributed by atoms with Gasteiger partial charge in [0, 0.05) is 5.57 Å². The molecule has 4 atom stereocenters. The quantitative estimate of drug-likeness (QED) is 0.245. The summed E-state index contributed by atoms with van der Waals surface area (Å²) in [6.07, 6.45) is -6.39. The number of nitrogens with two attached hydrogens (primary N) is 1. The Labute approximate surface area is 105 Å². The van der Waals surface area contributed by atoms with Gasteiger partial charge in [0.2, 0.25) is 5.91 Å². The lowest BCUT2D eigenvalue weighted by atomic mass is 10.0. The lowest BCUT2D eigenvalue weighted by Gasteiger charge is -2.24. The minimum absolute atomic E-state index is 0.398. The fourth-order valence-corrected chi connectivity index (χ4v) is 0.671. The molecule has 1 amide bonds. The third-order valence-corrected chi connectivity index (χ3v) is 1.93. The maximum atomic E-state index is 9.82. The van der Waals surface area contributed by atoms with E-state index in [1.165, 1.54) is 0 Å². The zero-order valence-corrected chi connectivity index (χ0v) is 10.1. The first-order chi connectivity index (χ1) is 8.18. The molecular weight excluding hydrogens is 246 g/mol. The molecule has 108 valence electrons. The van der Waals surface area contributed by atoms with Crippen LogP contribution in [0.3, 0.4) is 0 Å². The predicted molar refractivity (Wildman–Crippen MR) is 62.2 cm³/mol. The van der Waals surface area contributed by atoms with E-state index in [0.717, 1.165) is 0 Å². The van der Waals surface area contributed by atoms with Gasteiger partial charge in [-0.25, -0.2) is 0 Å². The highest BCUT2D eigenvalue weighted by Gasteiger charge is 2.29. The Hall–Kier alpha value is -1.03. The summed E-state index contributed by atoms with van der Waals surface area (Å²) < 4.78 is 0. The smallest absolute Gasteiger partial charge is 0.243 e. The Morgan fingerprint density at radius 3 is 1.39 bits per heavy atom. The van der Waals surface area contributed by atoms with Gasteiger partial charge in [-0.15, -0.1) is 0 Å². The number of carbonyl (C=O) groups excluding carboxylic acids is 1. The van der Waals surface area contributed by atoms with Crippen LogP contribution in [0.2, 0.25) is 0 Å². The van der Waals surface area contributed by atoms with Crippen LogP contribution in [0.1, 0.15) is 6.92 Å². The summed E-state index contributed by atoms with van der Waals surface area (Å²) in [5.74, 6) is -0.435. The first-order valence-electron chi connectivity index (χ1n) is 5.08. The molecule has 8 N–H and O–H groups in total. The van der Waals surface area contributed by atoms with Gasteiger partial charge in [0.25, 0.3) is 0 Å². The van der Waals surface area contributed by atoms with Crippen molar-refractivity contribution in [1.82, 2.24) is 0 Å². The zero-order chi connectivity index (χ0) is 14.9. The maximum Gasteiger partial charge on any atom is 0.243 e. The number of hydrogen-bond acceptors (Lipinski definition) is 7. The Kier molecular flexibility index (Phi) is 10.7. The molecule has 0 aromatic carbocycles. The van der Waals surface area contributed by atoms with Crippen molar-refractivity contribution in [2.75, 3.05) is 13.2 Å². The van der Waals surface area contributed by atoms with Crippen molar-refractivity contribution in [3.8, 4) is 0 Å². The molecule has 0 radical (unpaired) electrons. The number of hydrogen-bond donors (Lipinski definition) is 7. The topological polar surface area (TPSA) is 164 Å². The van der Waals surface area contributed by atoms with E-state index in [4.69, 9.17) is 36.4 Å². The summed E-state index contributed by atoms with van der Waals surface area (Å²) in [6.45, 7) is 3.40. The third-order valence-electron chi connectivity index (χ3n) is 1.93. The van der Waals surface area contributed by atoms with Gasteiger partial charge in [0.15, 0.2) is 0 Å². The Morgan fingerprint density at radius 2 is 1.28 bits per heavy atom. The number of rotatable bonds is 6. The van der Waals surface area contributed by atoms with E-state index < -0.39 is 43.5 Å². The van der Waals surface area contributed by atoms with Crippen LogP contribution >= 0.6 is 0 Å². The molecule has 0 fully saturated rings. The Bertz CT molecular complexity index is 233. The van der Waals surface area contributed by atoms with Crippen LogP contribution in [0.25, 0.3) is 0 Å². The summed E-state index contributed by atoms with van der Waals surface area (Å²) in [5.41, 5.74) is 5.09. The van der Waals surface area contributed by atoms with E-state index in [1.54, 1.807) is 6.92 Å². The van der Waals surface area contributed by atoms with Crippen molar-refractivity contribution in [3.05, 3.63) is 12.2 Å². The lowest BCUT2D eigenvalue weighted by Crippen LogP contribution is -2.46. The van der Waals surface area contributed by atoms with Crippen molar-refractivity contribution in [2.45, 2.75) is 31.3 Å². The SMILES string of the molecule is C=C(C)C(N)=O.OC[C@@H](O)[C@@H](O)[C@H](O)[C@H](O)CO. The van der Waals surface area contributed by atoms with Gasteiger partial charge in [-0.2, -0.15) is 0 Å². The number of aliphatic hydroxyl groups excluding tert-OH is 6. The highest BCUT2D eigenvalue weighted by atomic mass is 16.4. The molecule has 0 aromatic heterocycles. The highest BCUT2D eigenvalue weighted by molar-refractivity contribution is 5.90. The standard InChI is InChI=1S/C6H14O6.C4H7NO/c7-1-3(9)5(11)6(12)4(10)2-8;1-3(2)4(5)6/h3-12H,1-2H2;1H2,2H3,(H2,5,6)/t3-,4-,5-,6-;/m1./s1. The molecule has 0 bridgehead atoms. The fourth-order valence-electron chi connectivity index (χ4n) is 0.671. The zero-order valence-electron chi connectivity index (χ0n) is 10.1. The van der Waals surface area contributed by atoms with Crippen LogP contribution in [0.5, 0.6) is 0 Å². The van der Waals surface area contributed by atoms with Crippen LogP contribution in [0, 0.1) is 0 Å². The fraction of sp³-hybridized carbons (Fsp3) is 0.700. The van der Waals surface area contributed by atoms with Crippen LogP contribution < -0.4 is 5.73 Å². The van der Waals surface area contributed by atoms with Gasteiger partial charge in [0.05, 0.1) is 13.2 Å². The number of carbonyl (C=O) groups is 1. The van der Waals surface area contributed by atoms with Crippen LogP contribution in [0.15, 0.2) is 12.2 Å². The van der Waals surface area contributed by atoms with Crippen LogP contribution in [-0.4, -0.2) is 74.2 Å². The molecule has 0 aromatic rings. The summed E-state index contributed by atoms with van der Waals surface area (Å²) in [6, 6.07) is 0. The van der Waals surface area contributed by atoms with Crippen LogP contribution in [-0.2, 0) is 4.79 Å². The second-order valence-corrected chi connectivity index (χ2v) is 3.63. The average molecular weight is 267 g/mol. The van der Waals surface area contributed by atoms with Crippen molar-refractivity contribution in [2.24, 2.45) is 5.73 Å². The Balaban J connectivity index is 0. The van der Waals surface area contributed by atoms with Crippen molar-refractivity contribution in [3.63, 3.8) is 0 Å². The highest BCUT2D eigenvalue weighted by Crippen LogP contribution is 2.03. The lowest BCUT2D eigenvalue weighted by molar-refractivity contribution is -0.123. The maximum absolute atomic E-state index is 9.82. The van der Waals surface area contributed by atoms with Gasteiger partial charge in [-0.3, -0.25) is 4.79 Å². The monoisotopic (exact) mass is 267 g/mol. The van der Waals surface area contributed by atoms with Crippen molar-refractivity contribution in [1.29, 1.82) is 0 Å². The largest absolute Gasteiger partial charge is 0.394 e.